The van der Waals surface area contributed by atoms with Crippen LogP contribution >= 0.6 is 0 Å². The highest BCUT2D eigenvalue weighted by atomic mass is 32.2. The molecular weight excluding hydrogens is 439 g/mol. The zero-order valence-electron chi connectivity index (χ0n) is 18.1. The zero-order chi connectivity index (χ0) is 22.9. The van der Waals surface area contributed by atoms with Crippen LogP contribution in [0.25, 0.3) is 0 Å². The van der Waals surface area contributed by atoms with Gasteiger partial charge >= 0.3 is 0 Å². The van der Waals surface area contributed by atoms with Gasteiger partial charge in [0.1, 0.15) is 16.4 Å². The Bertz CT molecular complexity index is 1070. The third kappa shape index (κ3) is 4.50. The van der Waals surface area contributed by atoms with E-state index in [2.05, 4.69) is 10.5 Å². The molecule has 2 aliphatic heterocycles. The van der Waals surface area contributed by atoms with Crippen LogP contribution in [0.3, 0.4) is 0 Å². The number of aryl methyl sites for hydroxylation is 2. The van der Waals surface area contributed by atoms with Crippen molar-refractivity contribution in [3.8, 4) is 0 Å². The third-order valence-corrected chi connectivity index (χ3v) is 8.10. The van der Waals surface area contributed by atoms with Gasteiger partial charge in [0.05, 0.1) is 18.9 Å². The van der Waals surface area contributed by atoms with E-state index in [0.29, 0.717) is 56.2 Å². The molecule has 0 bridgehead atoms. The van der Waals surface area contributed by atoms with Gasteiger partial charge in [-0.2, -0.15) is 4.31 Å². The second-order valence-electron chi connectivity index (χ2n) is 8.09. The predicted molar refractivity (Wildman–Crippen MR) is 116 cm³/mol. The highest BCUT2D eigenvalue weighted by Gasteiger charge is 2.35. The number of nitrogens with one attached hydrogen (secondary N) is 1. The molecule has 0 unspecified atom stereocenters. The summed E-state index contributed by atoms with van der Waals surface area (Å²) >= 11 is 0. The second kappa shape index (κ2) is 9.16. The molecule has 0 saturated carbocycles. The molecule has 1 N–H and O–H groups in total. The van der Waals surface area contributed by atoms with Crippen molar-refractivity contribution in [2.45, 2.75) is 31.6 Å². The highest BCUT2D eigenvalue weighted by molar-refractivity contribution is 7.89. The van der Waals surface area contributed by atoms with E-state index >= 15 is 0 Å². The molecular formula is C21H27FN4O5S. The molecule has 1 aromatic heterocycles. The van der Waals surface area contributed by atoms with Crippen LogP contribution in [-0.4, -0.2) is 63.2 Å². The Morgan fingerprint density at radius 3 is 2.44 bits per heavy atom. The van der Waals surface area contributed by atoms with Crippen molar-refractivity contribution in [3.05, 3.63) is 35.5 Å². The molecule has 2 saturated heterocycles. The Morgan fingerprint density at radius 2 is 1.84 bits per heavy atom. The molecule has 4 rings (SSSR count). The first-order valence-electron chi connectivity index (χ1n) is 10.6. The summed E-state index contributed by atoms with van der Waals surface area (Å²) in [5.74, 6) is -0.735. The van der Waals surface area contributed by atoms with Gasteiger partial charge in [0.25, 0.3) is 0 Å². The Labute approximate surface area is 186 Å². The molecule has 2 aliphatic rings. The van der Waals surface area contributed by atoms with E-state index in [9.17, 15) is 17.6 Å². The molecule has 1 aromatic carbocycles. The zero-order valence-corrected chi connectivity index (χ0v) is 19.0. The number of sulfonamides is 1. The summed E-state index contributed by atoms with van der Waals surface area (Å²) in [6, 6.07) is 4.66. The average Bonchev–Trinajstić information content (AvgIpc) is 3.13. The van der Waals surface area contributed by atoms with Crippen LogP contribution in [0.5, 0.6) is 0 Å². The van der Waals surface area contributed by atoms with Crippen LogP contribution < -0.4 is 10.2 Å². The van der Waals surface area contributed by atoms with Crippen LogP contribution in [0.4, 0.5) is 15.8 Å². The summed E-state index contributed by atoms with van der Waals surface area (Å²) in [4.78, 5) is 14.7. The Kier molecular flexibility index (Phi) is 6.50. The monoisotopic (exact) mass is 466 g/mol. The molecule has 174 valence electrons. The molecule has 11 heteroatoms. The largest absolute Gasteiger partial charge is 0.378 e. The topological polar surface area (TPSA) is 105 Å². The van der Waals surface area contributed by atoms with Gasteiger partial charge in [-0.3, -0.25) is 4.79 Å². The molecule has 3 heterocycles. The van der Waals surface area contributed by atoms with Gasteiger partial charge in [0.15, 0.2) is 5.76 Å². The number of nitrogens with zero attached hydrogens (tertiary/aromatic N) is 3. The van der Waals surface area contributed by atoms with Gasteiger partial charge in [-0.15, -0.1) is 0 Å². The lowest BCUT2D eigenvalue weighted by molar-refractivity contribution is -0.120. The number of carbonyl (C=O) groups excluding carboxylic acids is 1. The Balaban J connectivity index is 1.36. The summed E-state index contributed by atoms with van der Waals surface area (Å²) in [6.07, 6.45) is 0.756. The maximum absolute atomic E-state index is 14.6. The quantitative estimate of drug-likeness (QED) is 0.721. The van der Waals surface area contributed by atoms with Crippen molar-refractivity contribution >= 4 is 27.3 Å². The number of aromatic nitrogens is 1. The van der Waals surface area contributed by atoms with Crippen molar-refractivity contribution in [1.82, 2.24) is 9.46 Å². The van der Waals surface area contributed by atoms with Crippen LogP contribution in [0.15, 0.2) is 27.6 Å². The van der Waals surface area contributed by atoms with Crippen LogP contribution in [0.2, 0.25) is 0 Å². The van der Waals surface area contributed by atoms with Gasteiger partial charge in [-0.25, -0.2) is 12.8 Å². The van der Waals surface area contributed by atoms with Crippen molar-refractivity contribution in [2.24, 2.45) is 5.92 Å². The van der Waals surface area contributed by atoms with E-state index in [1.54, 1.807) is 26.0 Å². The maximum atomic E-state index is 14.6. The molecule has 2 aromatic rings. The first-order chi connectivity index (χ1) is 15.3. The van der Waals surface area contributed by atoms with E-state index in [1.165, 1.54) is 10.4 Å². The first-order valence-corrected chi connectivity index (χ1v) is 12.1. The number of anilines is 2. The summed E-state index contributed by atoms with van der Waals surface area (Å²) in [7, 11) is -3.73. The fourth-order valence-electron chi connectivity index (χ4n) is 4.22. The number of carbonyl (C=O) groups is 1. The smallest absolute Gasteiger partial charge is 0.248 e. The minimum atomic E-state index is -3.73. The van der Waals surface area contributed by atoms with E-state index in [0.717, 1.165) is 0 Å². The van der Waals surface area contributed by atoms with Gasteiger partial charge in [0, 0.05) is 37.8 Å². The average molecular weight is 467 g/mol. The third-order valence-electron chi connectivity index (χ3n) is 5.96. The lowest BCUT2D eigenvalue weighted by atomic mass is 9.97. The van der Waals surface area contributed by atoms with Crippen molar-refractivity contribution in [2.75, 3.05) is 49.6 Å². The van der Waals surface area contributed by atoms with Crippen LogP contribution in [0, 0.1) is 25.6 Å². The Hall–Kier alpha value is -2.50. The van der Waals surface area contributed by atoms with Crippen molar-refractivity contribution in [1.29, 1.82) is 0 Å². The van der Waals surface area contributed by atoms with E-state index in [-0.39, 0.29) is 35.6 Å². The molecule has 0 atom stereocenters. The number of hydrogen-bond acceptors (Lipinski definition) is 7. The molecule has 0 aliphatic carbocycles. The maximum Gasteiger partial charge on any atom is 0.248 e. The molecule has 2 fully saturated rings. The number of piperidine rings is 1. The first kappa shape index (κ1) is 22.7. The number of hydrogen-bond donors (Lipinski definition) is 1. The number of amides is 1. The van der Waals surface area contributed by atoms with Crippen molar-refractivity contribution in [3.63, 3.8) is 0 Å². The normalized spacial score (nSPS) is 18.7. The van der Waals surface area contributed by atoms with Crippen LogP contribution in [-0.2, 0) is 19.6 Å². The minimum absolute atomic E-state index is 0.0937. The van der Waals surface area contributed by atoms with Crippen LogP contribution in [0.1, 0.15) is 24.3 Å². The van der Waals surface area contributed by atoms with E-state index in [4.69, 9.17) is 9.26 Å². The van der Waals surface area contributed by atoms with Gasteiger partial charge in [0.2, 0.25) is 15.9 Å². The summed E-state index contributed by atoms with van der Waals surface area (Å²) < 4.78 is 52.1. The summed E-state index contributed by atoms with van der Waals surface area (Å²) in [5.41, 5.74) is 1.20. The number of halogens is 1. The minimum Gasteiger partial charge on any atom is -0.378 e. The molecule has 9 nitrogen and oxygen atoms in total. The number of rotatable bonds is 5. The Morgan fingerprint density at radius 1 is 1.16 bits per heavy atom. The van der Waals surface area contributed by atoms with Gasteiger partial charge in [-0.1, -0.05) is 5.16 Å². The number of morpholine rings is 1. The van der Waals surface area contributed by atoms with Crippen molar-refractivity contribution < 1.29 is 26.9 Å². The lowest BCUT2D eigenvalue weighted by Crippen LogP contribution is -2.41. The molecule has 1 amide bonds. The van der Waals surface area contributed by atoms with Gasteiger partial charge < -0.3 is 19.5 Å². The molecule has 0 spiro atoms. The fraction of sp³-hybridized carbons (Fsp3) is 0.524. The SMILES string of the molecule is Cc1noc(C)c1S(=O)(=O)N1CCC(C(=O)Nc2ccc(N3CCOCC3)c(F)c2)CC1. The fourth-order valence-corrected chi connectivity index (χ4v) is 5.98. The number of ether oxygens (including phenoxy) is 1. The molecule has 32 heavy (non-hydrogen) atoms. The number of benzene rings is 1. The second-order valence-corrected chi connectivity index (χ2v) is 9.96. The standard InChI is InChI=1S/C21H27FN4O5S/c1-14-20(15(2)31-24-14)32(28,29)26-7-5-16(6-8-26)21(27)23-17-3-4-19(18(22)13-17)25-9-11-30-12-10-25/h3-4,13,16H,5-12H2,1-2H3,(H,23,27). The summed E-state index contributed by atoms with van der Waals surface area (Å²) in [5, 5.41) is 6.49. The molecule has 0 radical (unpaired) electrons. The highest BCUT2D eigenvalue weighted by Crippen LogP contribution is 2.29. The van der Waals surface area contributed by atoms with E-state index in [1.807, 2.05) is 4.90 Å². The van der Waals surface area contributed by atoms with E-state index < -0.39 is 15.8 Å². The lowest BCUT2D eigenvalue weighted by Gasteiger charge is -2.30. The predicted octanol–water partition coefficient (Wildman–Crippen LogP) is 2.31. The van der Waals surface area contributed by atoms with Gasteiger partial charge in [-0.05, 0) is 44.9 Å². The summed E-state index contributed by atoms with van der Waals surface area (Å²) in [6.45, 7) is 5.95.